The molecule has 1 aromatic heterocycles. The molecule has 19 heavy (non-hydrogen) atoms. The van der Waals surface area contributed by atoms with Gasteiger partial charge in [-0.25, -0.2) is 4.68 Å². The number of nitrogens with zero attached hydrogens (tertiary/aromatic N) is 2. The number of ether oxygens (including phenoxy) is 1. The number of benzene rings is 1. The lowest BCUT2D eigenvalue weighted by atomic mass is 10.1. The van der Waals surface area contributed by atoms with Gasteiger partial charge in [-0.1, -0.05) is 19.9 Å². The summed E-state index contributed by atoms with van der Waals surface area (Å²) in [6.07, 6.45) is 0.802. The molecule has 0 bridgehead atoms. The van der Waals surface area contributed by atoms with E-state index in [1.165, 1.54) is 5.69 Å². The molecule has 102 valence electrons. The van der Waals surface area contributed by atoms with Crippen LogP contribution in [0, 0.1) is 0 Å². The molecule has 0 unspecified atom stereocenters. The minimum atomic E-state index is 0.408. The third-order valence-electron chi connectivity index (χ3n) is 3.08. The molecule has 1 heterocycles. The molecule has 0 atom stereocenters. The Bertz CT molecular complexity index is 546. The van der Waals surface area contributed by atoms with Crippen molar-refractivity contribution in [2.45, 2.75) is 26.2 Å². The van der Waals surface area contributed by atoms with Gasteiger partial charge in [-0.05, 0) is 30.7 Å². The molecular weight excluding hydrogens is 238 g/mol. The van der Waals surface area contributed by atoms with E-state index in [2.05, 4.69) is 25.0 Å². The standard InChI is InChI=1S/C15H21N3O/c1-11(2)15-9-12(7-8-16)17-18(15)13-5-4-6-14(10-13)19-3/h4-6,9-11H,7-8,16H2,1-3H3. The fraction of sp³-hybridized carbons (Fsp3) is 0.400. The summed E-state index contributed by atoms with van der Waals surface area (Å²) in [4.78, 5) is 0. The summed E-state index contributed by atoms with van der Waals surface area (Å²) in [5, 5.41) is 4.65. The lowest BCUT2D eigenvalue weighted by Gasteiger charge is -2.10. The third kappa shape index (κ3) is 2.96. The molecule has 2 aromatic rings. The highest BCUT2D eigenvalue weighted by Gasteiger charge is 2.12. The Balaban J connectivity index is 2.46. The highest BCUT2D eigenvalue weighted by Crippen LogP contribution is 2.23. The van der Waals surface area contributed by atoms with Crippen LogP contribution >= 0.6 is 0 Å². The molecule has 2 rings (SSSR count). The van der Waals surface area contributed by atoms with E-state index in [9.17, 15) is 0 Å². The van der Waals surface area contributed by atoms with Gasteiger partial charge in [0.2, 0.25) is 0 Å². The summed E-state index contributed by atoms with van der Waals surface area (Å²) in [6, 6.07) is 10.1. The van der Waals surface area contributed by atoms with E-state index < -0.39 is 0 Å². The van der Waals surface area contributed by atoms with Crippen LogP contribution in [0.3, 0.4) is 0 Å². The number of rotatable bonds is 5. The van der Waals surface area contributed by atoms with Crippen molar-refractivity contribution in [1.82, 2.24) is 9.78 Å². The van der Waals surface area contributed by atoms with Crippen LogP contribution in [0.1, 0.15) is 31.2 Å². The third-order valence-corrected chi connectivity index (χ3v) is 3.08. The van der Waals surface area contributed by atoms with Crippen molar-refractivity contribution in [3.63, 3.8) is 0 Å². The van der Waals surface area contributed by atoms with Crippen molar-refractivity contribution >= 4 is 0 Å². The van der Waals surface area contributed by atoms with Crippen LogP contribution in [0.15, 0.2) is 30.3 Å². The topological polar surface area (TPSA) is 53.1 Å². The lowest BCUT2D eigenvalue weighted by molar-refractivity contribution is 0.414. The molecule has 0 saturated heterocycles. The highest BCUT2D eigenvalue weighted by molar-refractivity contribution is 5.40. The summed E-state index contributed by atoms with van der Waals surface area (Å²) in [7, 11) is 1.67. The molecule has 0 fully saturated rings. The zero-order chi connectivity index (χ0) is 13.8. The van der Waals surface area contributed by atoms with E-state index in [4.69, 9.17) is 10.5 Å². The first-order valence-corrected chi connectivity index (χ1v) is 6.59. The maximum Gasteiger partial charge on any atom is 0.121 e. The molecule has 0 amide bonds. The molecular formula is C15H21N3O. The van der Waals surface area contributed by atoms with E-state index in [-0.39, 0.29) is 0 Å². The average molecular weight is 259 g/mol. The van der Waals surface area contributed by atoms with Crippen molar-refractivity contribution in [2.75, 3.05) is 13.7 Å². The van der Waals surface area contributed by atoms with Crippen LogP contribution in [0.4, 0.5) is 0 Å². The number of aromatic nitrogens is 2. The van der Waals surface area contributed by atoms with E-state index in [0.717, 1.165) is 23.6 Å². The summed E-state index contributed by atoms with van der Waals surface area (Å²) < 4.78 is 7.25. The summed E-state index contributed by atoms with van der Waals surface area (Å²) >= 11 is 0. The molecule has 4 heteroatoms. The molecule has 1 aromatic carbocycles. The Labute approximate surface area is 114 Å². The first-order valence-electron chi connectivity index (χ1n) is 6.59. The molecule has 0 spiro atoms. The van der Waals surface area contributed by atoms with Crippen LogP contribution in [0.5, 0.6) is 5.75 Å². The van der Waals surface area contributed by atoms with Gasteiger partial charge in [-0.15, -0.1) is 0 Å². The van der Waals surface area contributed by atoms with Gasteiger partial charge in [0, 0.05) is 18.2 Å². The zero-order valence-electron chi connectivity index (χ0n) is 11.8. The van der Waals surface area contributed by atoms with Crippen LogP contribution in [-0.4, -0.2) is 23.4 Å². The first kappa shape index (κ1) is 13.6. The van der Waals surface area contributed by atoms with E-state index in [0.29, 0.717) is 12.5 Å². The minimum absolute atomic E-state index is 0.408. The van der Waals surface area contributed by atoms with Crippen molar-refractivity contribution in [1.29, 1.82) is 0 Å². The number of hydrogen-bond acceptors (Lipinski definition) is 3. The number of methoxy groups -OCH3 is 1. The van der Waals surface area contributed by atoms with Crippen LogP contribution < -0.4 is 10.5 Å². The smallest absolute Gasteiger partial charge is 0.121 e. The van der Waals surface area contributed by atoms with Gasteiger partial charge in [0.05, 0.1) is 18.5 Å². The second kappa shape index (κ2) is 5.89. The summed E-state index contributed by atoms with van der Waals surface area (Å²) in [5.41, 5.74) is 8.86. The van der Waals surface area contributed by atoms with Gasteiger partial charge in [0.25, 0.3) is 0 Å². The van der Waals surface area contributed by atoms with Crippen molar-refractivity contribution < 1.29 is 4.74 Å². The Morgan fingerprint density at radius 1 is 1.32 bits per heavy atom. The zero-order valence-corrected chi connectivity index (χ0v) is 11.8. The van der Waals surface area contributed by atoms with E-state index in [1.807, 2.05) is 28.9 Å². The SMILES string of the molecule is COc1cccc(-n2nc(CCN)cc2C(C)C)c1. The van der Waals surface area contributed by atoms with Gasteiger partial charge >= 0.3 is 0 Å². The molecule has 0 aliphatic carbocycles. The maximum atomic E-state index is 5.61. The number of hydrogen-bond donors (Lipinski definition) is 1. The normalized spacial score (nSPS) is 11.0. The summed E-state index contributed by atoms with van der Waals surface area (Å²) in [5.74, 6) is 1.24. The molecule has 4 nitrogen and oxygen atoms in total. The van der Waals surface area contributed by atoms with E-state index >= 15 is 0 Å². The molecule has 0 aliphatic heterocycles. The molecule has 2 N–H and O–H groups in total. The highest BCUT2D eigenvalue weighted by atomic mass is 16.5. The monoisotopic (exact) mass is 259 g/mol. The van der Waals surface area contributed by atoms with Crippen molar-refractivity contribution in [2.24, 2.45) is 5.73 Å². The molecule has 0 radical (unpaired) electrons. The average Bonchev–Trinajstić information content (AvgIpc) is 2.83. The predicted octanol–water partition coefficient (Wildman–Crippen LogP) is 2.51. The fourth-order valence-corrected chi connectivity index (χ4v) is 2.08. The van der Waals surface area contributed by atoms with Crippen molar-refractivity contribution in [3.8, 4) is 11.4 Å². The first-order chi connectivity index (χ1) is 9.15. The molecule has 0 aliphatic rings. The molecule has 0 saturated carbocycles. The Morgan fingerprint density at radius 2 is 2.11 bits per heavy atom. The second-order valence-corrected chi connectivity index (χ2v) is 4.87. The Hall–Kier alpha value is -1.81. The van der Waals surface area contributed by atoms with E-state index in [1.54, 1.807) is 7.11 Å². The lowest BCUT2D eigenvalue weighted by Crippen LogP contribution is -2.05. The number of nitrogens with two attached hydrogens (primary N) is 1. The van der Waals surface area contributed by atoms with Gasteiger partial charge < -0.3 is 10.5 Å². The minimum Gasteiger partial charge on any atom is -0.497 e. The predicted molar refractivity (Wildman–Crippen MR) is 77.0 cm³/mol. The van der Waals surface area contributed by atoms with Crippen LogP contribution in [0.25, 0.3) is 5.69 Å². The van der Waals surface area contributed by atoms with Crippen molar-refractivity contribution in [3.05, 3.63) is 41.7 Å². The van der Waals surface area contributed by atoms with Gasteiger partial charge in [0.1, 0.15) is 5.75 Å². The van der Waals surface area contributed by atoms with Gasteiger partial charge in [-0.2, -0.15) is 5.10 Å². The Kier molecular flexibility index (Phi) is 4.22. The second-order valence-electron chi connectivity index (χ2n) is 4.87. The van der Waals surface area contributed by atoms with Gasteiger partial charge in [-0.3, -0.25) is 0 Å². The maximum absolute atomic E-state index is 5.61. The van der Waals surface area contributed by atoms with Gasteiger partial charge in [0.15, 0.2) is 0 Å². The fourth-order valence-electron chi connectivity index (χ4n) is 2.08. The van der Waals surface area contributed by atoms with Crippen LogP contribution in [0.2, 0.25) is 0 Å². The largest absolute Gasteiger partial charge is 0.497 e. The van der Waals surface area contributed by atoms with Crippen LogP contribution in [-0.2, 0) is 6.42 Å². The summed E-state index contributed by atoms with van der Waals surface area (Å²) in [6.45, 7) is 4.95. The Morgan fingerprint density at radius 3 is 2.74 bits per heavy atom. The quantitative estimate of drug-likeness (QED) is 0.897.